The lowest BCUT2D eigenvalue weighted by Crippen LogP contribution is -2.69. The molecule has 1 aromatic rings. The number of carbonyl (C=O) groups is 1. The van der Waals surface area contributed by atoms with Crippen LogP contribution in [0, 0.1) is 6.92 Å². The fourth-order valence-corrected chi connectivity index (χ4v) is 1.38. The van der Waals surface area contributed by atoms with Crippen molar-refractivity contribution in [2.45, 2.75) is 30.9 Å². The molecular weight excluding hydrogens is 290 g/mol. The normalized spacial score (nSPS) is 13.2. The van der Waals surface area contributed by atoms with E-state index in [1.54, 1.807) is 12.1 Å². The van der Waals surface area contributed by atoms with Crippen molar-refractivity contribution < 1.29 is 39.2 Å². The van der Waals surface area contributed by atoms with E-state index in [2.05, 4.69) is 5.73 Å². The molecule has 0 aliphatic rings. The van der Waals surface area contributed by atoms with E-state index in [4.69, 9.17) is 10.2 Å². The number of hydrogen-bond donors (Lipinski definition) is 3. The molecule has 20 heavy (non-hydrogen) atoms. The highest BCUT2D eigenvalue weighted by Gasteiger charge is 2.20. The molecule has 0 heterocycles. The lowest BCUT2D eigenvalue weighted by atomic mass is 10.2. The maximum Gasteiger partial charge on any atom is 0.365 e. The zero-order chi connectivity index (χ0) is 15.2. The second-order valence-corrected chi connectivity index (χ2v) is 5.33. The highest BCUT2D eigenvalue weighted by Crippen LogP contribution is 2.08. The van der Waals surface area contributed by atoms with Crippen LogP contribution in [0.4, 0.5) is 0 Å². The molecule has 0 fully saturated rings. The second-order valence-electron chi connectivity index (χ2n) is 3.95. The molecule has 0 radical (unpaired) electrons. The van der Waals surface area contributed by atoms with Crippen molar-refractivity contribution in [3.63, 3.8) is 0 Å². The molecule has 9 heteroatoms. The van der Waals surface area contributed by atoms with Crippen molar-refractivity contribution >= 4 is 16.1 Å². The number of hydrogen-bond acceptors (Lipinski definition) is 5. The van der Waals surface area contributed by atoms with Crippen LogP contribution in [0.2, 0.25) is 0 Å². The summed E-state index contributed by atoms with van der Waals surface area (Å²) in [5, 5.41) is 16.7. The summed E-state index contributed by atoms with van der Waals surface area (Å²) in [7, 11) is -4.27. The van der Waals surface area contributed by atoms with Crippen LogP contribution in [0.1, 0.15) is 12.5 Å². The highest BCUT2D eigenvalue weighted by molar-refractivity contribution is 7.85. The Hall–Kier alpha value is -1.52. The van der Waals surface area contributed by atoms with Crippen LogP contribution < -0.4 is 5.73 Å². The summed E-state index contributed by atoms with van der Waals surface area (Å²) < 4.78 is 31.2. The van der Waals surface area contributed by atoms with Crippen LogP contribution in [-0.4, -0.2) is 46.8 Å². The van der Waals surface area contributed by atoms with Gasteiger partial charge in [0.25, 0.3) is 0 Å². The van der Waals surface area contributed by atoms with Gasteiger partial charge in [0.15, 0.2) is 0 Å². The van der Waals surface area contributed by atoms with Gasteiger partial charge in [-0.3, -0.25) is 0 Å². The maximum absolute atomic E-state index is 10.4. The average molecular weight is 309 g/mol. The summed E-state index contributed by atoms with van der Waals surface area (Å²) in [4.78, 5) is 9.74. The van der Waals surface area contributed by atoms with Crippen LogP contribution in [-0.2, 0) is 14.9 Å². The molecule has 8 nitrogen and oxygen atoms in total. The van der Waals surface area contributed by atoms with Gasteiger partial charge in [-0.05, 0) is 26.0 Å². The first kappa shape index (κ1) is 20.8. The minimum absolute atomic E-state index is 0. The third kappa shape index (κ3) is 7.81. The second kappa shape index (κ2) is 8.61. The van der Waals surface area contributed by atoms with Crippen LogP contribution in [0.3, 0.4) is 0 Å². The quantitative estimate of drug-likeness (QED) is 0.551. The number of carboxylic acids is 1. The number of carboxylic acid groups (broad SMARTS) is 1. The fourth-order valence-electron chi connectivity index (χ4n) is 0.911. The van der Waals surface area contributed by atoms with Gasteiger partial charge in [-0.2, -0.15) is 0 Å². The Morgan fingerprint density at radius 1 is 1.30 bits per heavy atom. The molecule has 0 bridgehead atoms. The Morgan fingerprint density at radius 2 is 1.70 bits per heavy atom. The number of aryl methyl sites for hydroxylation is 1. The summed E-state index contributed by atoms with van der Waals surface area (Å²) in [6.07, 6.45) is -0.868. The van der Waals surface area contributed by atoms with Crippen molar-refractivity contribution in [3.05, 3.63) is 29.8 Å². The Bertz CT molecular complexity index is 510. The molecule has 7 N–H and O–H groups in total. The molecule has 0 aliphatic carbocycles. The standard InChI is InChI=1S/C7H8O3S.C4H9NO3.H2O/c1-6-2-4-7(5-3-6)11(8,9)10;1-2(6)3(5)4(7)8;/h2-5H,1H3,(H,8,9,10);2-3,6H,5H2,1H3,(H,7,8);1H2/t;2-,3+;/m.1./s1. The van der Waals surface area contributed by atoms with E-state index >= 15 is 0 Å². The fraction of sp³-hybridized carbons (Fsp3) is 0.364. The number of rotatable bonds is 3. The van der Waals surface area contributed by atoms with Gasteiger partial charge in [0, 0.05) is 0 Å². The first-order chi connectivity index (χ1) is 8.55. The number of aliphatic hydroxyl groups is 1. The molecule has 0 amide bonds. The molecule has 116 valence electrons. The summed E-state index contributed by atoms with van der Waals surface area (Å²) >= 11 is 0. The van der Waals surface area contributed by atoms with E-state index in [9.17, 15) is 17.8 Å². The van der Waals surface area contributed by atoms with Gasteiger partial charge in [0.2, 0.25) is 6.04 Å². The molecule has 0 unspecified atom stereocenters. The van der Waals surface area contributed by atoms with Crippen LogP contribution in [0.5, 0.6) is 0 Å². The molecule has 0 aliphatic heterocycles. The van der Waals surface area contributed by atoms with Crippen molar-refractivity contribution in [2.24, 2.45) is 0 Å². The van der Waals surface area contributed by atoms with Gasteiger partial charge in [0.05, 0.1) is 4.90 Å². The molecule has 0 spiro atoms. The van der Waals surface area contributed by atoms with Gasteiger partial charge in [-0.1, -0.05) is 17.7 Å². The molecule has 0 aromatic heterocycles. The predicted molar refractivity (Wildman–Crippen MR) is 68.7 cm³/mol. The van der Waals surface area contributed by atoms with E-state index in [1.807, 2.05) is 6.92 Å². The van der Waals surface area contributed by atoms with Crippen molar-refractivity contribution in [1.29, 1.82) is 0 Å². The third-order valence-corrected chi connectivity index (χ3v) is 3.06. The number of benzene rings is 1. The molecule has 1 rings (SSSR count). The monoisotopic (exact) mass is 309 g/mol. The molecule has 1 aromatic carbocycles. The SMILES string of the molecule is C[C@@H](O)[C@H]([NH3+])C(=O)O.Cc1ccc(S(=O)(=O)[O-])cc1.O. The zero-order valence-corrected chi connectivity index (χ0v) is 11.9. The van der Waals surface area contributed by atoms with Gasteiger partial charge in [0.1, 0.15) is 16.2 Å². The van der Waals surface area contributed by atoms with E-state index in [0.29, 0.717) is 0 Å². The topological polar surface area (TPSA) is 174 Å². The Kier molecular flexibility index (Phi) is 8.95. The molecule has 0 saturated carbocycles. The van der Waals surface area contributed by atoms with Gasteiger partial charge in [-0.25, -0.2) is 13.2 Å². The van der Waals surface area contributed by atoms with Gasteiger partial charge < -0.3 is 26.0 Å². The third-order valence-electron chi connectivity index (χ3n) is 2.21. The Balaban J connectivity index is 0. The minimum Gasteiger partial charge on any atom is -0.744 e. The van der Waals surface area contributed by atoms with Gasteiger partial charge in [-0.15, -0.1) is 0 Å². The summed E-state index contributed by atoms with van der Waals surface area (Å²) in [6.45, 7) is 3.22. The van der Waals surface area contributed by atoms with Crippen LogP contribution in [0.15, 0.2) is 29.2 Å². The average Bonchev–Trinajstić information content (AvgIpc) is 2.27. The largest absolute Gasteiger partial charge is 0.744 e. The predicted octanol–water partition coefficient (Wildman–Crippen LogP) is -1.86. The molecule has 0 saturated heterocycles. The van der Waals surface area contributed by atoms with Gasteiger partial charge >= 0.3 is 5.97 Å². The van der Waals surface area contributed by atoms with Crippen molar-refractivity contribution in [3.8, 4) is 0 Å². The summed E-state index contributed by atoms with van der Waals surface area (Å²) in [5.74, 6) is -1.07. The van der Waals surface area contributed by atoms with E-state index in [0.717, 1.165) is 5.56 Å². The highest BCUT2D eigenvalue weighted by atomic mass is 32.2. The minimum atomic E-state index is -4.27. The summed E-state index contributed by atoms with van der Waals surface area (Å²) in [6, 6.07) is 4.88. The van der Waals surface area contributed by atoms with E-state index < -0.39 is 28.2 Å². The lowest BCUT2D eigenvalue weighted by molar-refractivity contribution is -0.423. The van der Waals surface area contributed by atoms with Crippen molar-refractivity contribution in [2.75, 3.05) is 0 Å². The molecule has 2 atom stereocenters. The number of aliphatic carboxylic acids is 1. The van der Waals surface area contributed by atoms with E-state index in [-0.39, 0.29) is 10.4 Å². The number of aliphatic hydroxyl groups excluding tert-OH is 1. The Labute approximate surface area is 116 Å². The van der Waals surface area contributed by atoms with Crippen LogP contribution >= 0.6 is 0 Å². The summed E-state index contributed by atoms with van der Waals surface area (Å²) in [5.41, 5.74) is 4.12. The maximum atomic E-state index is 10.4. The number of quaternary nitrogens is 1. The zero-order valence-electron chi connectivity index (χ0n) is 11.1. The first-order valence-electron chi connectivity index (χ1n) is 5.32. The Morgan fingerprint density at radius 3 is 1.90 bits per heavy atom. The first-order valence-corrected chi connectivity index (χ1v) is 6.73. The lowest BCUT2D eigenvalue weighted by Gasteiger charge is -2.05. The van der Waals surface area contributed by atoms with E-state index in [1.165, 1.54) is 19.1 Å². The smallest absolute Gasteiger partial charge is 0.365 e. The van der Waals surface area contributed by atoms with Crippen LogP contribution in [0.25, 0.3) is 0 Å². The van der Waals surface area contributed by atoms with Crippen molar-refractivity contribution in [1.82, 2.24) is 0 Å². The molecular formula is C11H19NO7S.